The van der Waals surface area contributed by atoms with E-state index >= 15 is 0 Å². The van der Waals surface area contributed by atoms with E-state index in [0.29, 0.717) is 5.39 Å². The van der Waals surface area contributed by atoms with E-state index in [1.54, 1.807) is 24.3 Å². The fourth-order valence-electron chi connectivity index (χ4n) is 3.09. The van der Waals surface area contributed by atoms with Crippen LogP contribution in [0.25, 0.3) is 11.0 Å². The quantitative estimate of drug-likeness (QED) is 0.679. The van der Waals surface area contributed by atoms with Gasteiger partial charge in [-0.15, -0.1) is 0 Å². The Morgan fingerprint density at radius 2 is 1.88 bits per heavy atom. The SMILES string of the molecule is N#CC1=C(N)Oc2c(c(=O)oc3ccccc23)C1c1ccc(F)c(F)c1. The van der Waals surface area contributed by atoms with Crippen molar-refractivity contribution in [3.05, 3.63) is 87.1 Å². The zero-order valence-electron chi connectivity index (χ0n) is 13.1. The van der Waals surface area contributed by atoms with Gasteiger partial charge in [0.25, 0.3) is 0 Å². The fraction of sp³-hybridized carbons (Fsp3) is 0.0526. The Morgan fingerprint density at radius 1 is 1.12 bits per heavy atom. The van der Waals surface area contributed by atoms with Crippen molar-refractivity contribution < 1.29 is 17.9 Å². The monoisotopic (exact) mass is 352 g/mol. The molecular formula is C19H10F2N2O3. The maximum atomic E-state index is 13.8. The molecule has 0 saturated heterocycles. The van der Waals surface area contributed by atoms with Crippen molar-refractivity contribution in [2.75, 3.05) is 0 Å². The zero-order valence-corrected chi connectivity index (χ0v) is 13.1. The Balaban J connectivity index is 2.08. The van der Waals surface area contributed by atoms with E-state index in [0.717, 1.165) is 12.1 Å². The molecule has 0 amide bonds. The van der Waals surface area contributed by atoms with Gasteiger partial charge < -0.3 is 14.9 Å². The molecule has 2 N–H and O–H groups in total. The van der Waals surface area contributed by atoms with Crippen LogP contribution in [0.3, 0.4) is 0 Å². The molecule has 0 saturated carbocycles. The Bertz CT molecular complexity index is 1190. The number of halogens is 2. The molecule has 7 heteroatoms. The predicted octanol–water partition coefficient (Wildman–Crippen LogP) is 3.29. The van der Waals surface area contributed by atoms with Gasteiger partial charge in [-0.3, -0.25) is 0 Å². The first kappa shape index (κ1) is 15.8. The minimum absolute atomic E-state index is 0.0143. The summed E-state index contributed by atoms with van der Waals surface area (Å²) in [4.78, 5) is 12.6. The first-order chi connectivity index (χ1) is 12.5. The Hall–Kier alpha value is -3.66. The minimum Gasteiger partial charge on any atom is -0.439 e. The number of rotatable bonds is 1. The average Bonchev–Trinajstić information content (AvgIpc) is 2.63. The highest BCUT2D eigenvalue weighted by atomic mass is 19.2. The van der Waals surface area contributed by atoms with Crippen LogP contribution in [-0.4, -0.2) is 0 Å². The van der Waals surface area contributed by atoms with Crippen molar-refractivity contribution in [3.8, 4) is 11.8 Å². The second-order valence-electron chi connectivity index (χ2n) is 5.73. The maximum Gasteiger partial charge on any atom is 0.344 e. The van der Waals surface area contributed by atoms with Crippen molar-refractivity contribution in [3.63, 3.8) is 0 Å². The van der Waals surface area contributed by atoms with E-state index in [2.05, 4.69) is 0 Å². The van der Waals surface area contributed by atoms with Gasteiger partial charge in [0.2, 0.25) is 5.88 Å². The van der Waals surface area contributed by atoms with Crippen LogP contribution in [-0.2, 0) is 0 Å². The van der Waals surface area contributed by atoms with E-state index in [9.17, 15) is 18.8 Å². The highest BCUT2D eigenvalue weighted by Gasteiger charge is 2.35. The summed E-state index contributed by atoms with van der Waals surface area (Å²) in [6.07, 6.45) is 0. The van der Waals surface area contributed by atoms with Gasteiger partial charge in [0.1, 0.15) is 17.2 Å². The summed E-state index contributed by atoms with van der Waals surface area (Å²) in [5, 5.41) is 9.96. The molecule has 1 aromatic heterocycles. The summed E-state index contributed by atoms with van der Waals surface area (Å²) in [5.74, 6) is -3.23. The highest BCUT2D eigenvalue weighted by Crippen LogP contribution is 2.43. The van der Waals surface area contributed by atoms with Crippen molar-refractivity contribution in [2.24, 2.45) is 5.73 Å². The first-order valence-corrected chi connectivity index (χ1v) is 7.59. The lowest BCUT2D eigenvalue weighted by Gasteiger charge is -2.26. The topological polar surface area (TPSA) is 89.3 Å². The summed E-state index contributed by atoms with van der Waals surface area (Å²) in [7, 11) is 0. The summed E-state index contributed by atoms with van der Waals surface area (Å²) in [6.45, 7) is 0. The van der Waals surface area contributed by atoms with Gasteiger partial charge in [-0.05, 0) is 29.8 Å². The average molecular weight is 352 g/mol. The number of fused-ring (bicyclic) bond motifs is 3. The molecule has 2 heterocycles. The molecule has 26 heavy (non-hydrogen) atoms. The van der Waals surface area contributed by atoms with Gasteiger partial charge in [-0.2, -0.15) is 5.26 Å². The van der Waals surface area contributed by atoms with Crippen LogP contribution in [0.2, 0.25) is 0 Å². The van der Waals surface area contributed by atoms with Gasteiger partial charge in [0.05, 0.1) is 16.9 Å². The number of hydrogen-bond acceptors (Lipinski definition) is 5. The van der Waals surface area contributed by atoms with Crippen LogP contribution in [0.5, 0.6) is 5.75 Å². The van der Waals surface area contributed by atoms with Crippen LogP contribution in [0, 0.1) is 23.0 Å². The number of nitrogens with two attached hydrogens (primary N) is 1. The van der Waals surface area contributed by atoms with Gasteiger partial charge in [0, 0.05) is 0 Å². The molecule has 1 atom stereocenters. The molecule has 4 rings (SSSR count). The molecule has 1 aliphatic rings. The lowest BCUT2D eigenvalue weighted by Crippen LogP contribution is -2.26. The molecule has 0 fully saturated rings. The van der Waals surface area contributed by atoms with Crippen LogP contribution in [0.4, 0.5) is 8.78 Å². The number of ether oxygens (including phenoxy) is 1. The van der Waals surface area contributed by atoms with Gasteiger partial charge in [-0.1, -0.05) is 18.2 Å². The predicted molar refractivity (Wildman–Crippen MR) is 88.1 cm³/mol. The minimum atomic E-state index is -1.10. The molecule has 128 valence electrons. The number of allylic oxidation sites excluding steroid dienone is 1. The number of nitrogens with zero attached hydrogens (tertiary/aromatic N) is 1. The van der Waals surface area contributed by atoms with E-state index in [1.807, 2.05) is 6.07 Å². The molecular weight excluding hydrogens is 342 g/mol. The molecule has 0 aliphatic carbocycles. The van der Waals surface area contributed by atoms with Crippen LogP contribution in [0.1, 0.15) is 17.0 Å². The molecule has 0 spiro atoms. The summed E-state index contributed by atoms with van der Waals surface area (Å²) < 4.78 is 37.9. The first-order valence-electron chi connectivity index (χ1n) is 7.59. The van der Waals surface area contributed by atoms with Crippen molar-refractivity contribution in [2.45, 2.75) is 5.92 Å². The lowest BCUT2D eigenvalue weighted by atomic mass is 9.84. The zero-order chi connectivity index (χ0) is 18.4. The standard InChI is InChI=1S/C19H10F2N2O3/c20-12-6-5-9(7-13(12)21)15-11(8-22)18(23)26-17-10-3-1-2-4-14(10)25-19(24)16(15)17/h1-7,15H,23H2. The van der Waals surface area contributed by atoms with Crippen molar-refractivity contribution >= 4 is 11.0 Å². The number of para-hydroxylation sites is 1. The normalized spacial score (nSPS) is 16.1. The van der Waals surface area contributed by atoms with Crippen molar-refractivity contribution in [1.82, 2.24) is 0 Å². The van der Waals surface area contributed by atoms with E-state index in [4.69, 9.17) is 14.9 Å². The lowest BCUT2D eigenvalue weighted by molar-refractivity contribution is 0.388. The summed E-state index contributed by atoms with van der Waals surface area (Å²) in [6, 6.07) is 11.7. The van der Waals surface area contributed by atoms with Gasteiger partial charge in [0.15, 0.2) is 17.4 Å². The smallest absolute Gasteiger partial charge is 0.344 e. The second-order valence-corrected chi connectivity index (χ2v) is 5.73. The second kappa shape index (κ2) is 5.70. The third-order valence-corrected chi connectivity index (χ3v) is 4.25. The van der Waals surface area contributed by atoms with Crippen LogP contribution < -0.4 is 16.1 Å². The summed E-state index contributed by atoms with van der Waals surface area (Å²) >= 11 is 0. The van der Waals surface area contributed by atoms with Gasteiger partial charge >= 0.3 is 5.63 Å². The number of hydrogen-bond donors (Lipinski definition) is 1. The Morgan fingerprint density at radius 3 is 2.62 bits per heavy atom. The van der Waals surface area contributed by atoms with Gasteiger partial charge in [-0.25, -0.2) is 13.6 Å². The van der Waals surface area contributed by atoms with Crippen LogP contribution >= 0.6 is 0 Å². The number of nitriles is 1. The fourth-order valence-corrected chi connectivity index (χ4v) is 3.09. The molecule has 2 aromatic carbocycles. The van der Waals surface area contributed by atoms with E-state index < -0.39 is 23.2 Å². The third kappa shape index (κ3) is 2.24. The molecule has 0 bridgehead atoms. The largest absolute Gasteiger partial charge is 0.439 e. The highest BCUT2D eigenvalue weighted by molar-refractivity contribution is 5.86. The van der Waals surface area contributed by atoms with Crippen molar-refractivity contribution in [1.29, 1.82) is 5.26 Å². The Kier molecular flexibility index (Phi) is 3.48. The third-order valence-electron chi connectivity index (χ3n) is 4.25. The Labute approximate surface area is 145 Å². The molecule has 1 aliphatic heterocycles. The van der Waals surface area contributed by atoms with Crippen LogP contribution in [0.15, 0.2) is 63.1 Å². The molecule has 0 radical (unpaired) electrons. The maximum absolute atomic E-state index is 13.8. The molecule has 5 nitrogen and oxygen atoms in total. The molecule has 3 aromatic rings. The number of benzene rings is 2. The van der Waals surface area contributed by atoms with E-state index in [1.165, 1.54) is 6.07 Å². The molecule has 1 unspecified atom stereocenters. The summed E-state index contributed by atoms with van der Waals surface area (Å²) in [5.41, 5.74) is 5.55. The van der Waals surface area contributed by atoms with E-state index in [-0.39, 0.29) is 33.9 Å².